The molecule has 6 rings (SSSR count). The van der Waals surface area contributed by atoms with E-state index < -0.39 is 20.8 Å². The molecule has 0 unspecified atom stereocenters. The van der Waals surface area contributed by atoms with Gasteiger partial charge in [0.15, 0.2) is 0 Å². The van der Waals surface area contributed by atoms with Gasteiger partial charge in [0, 0.05) is 12.8 Å². The van der Waals surface area contributed by atoms with Gasteiger partial charge in [0.25, 0.3) is 0 Å². The number of nitrogens with one attached hydrogen (secondary N) is 2. The Hall–Kier alpha value is -3.43. The standard InChI is InChI=1S/2C23H27.C6H12BN2O2.2ClH.Zr/c2*1-16(2)13-17-9-6-7-11-20(17)21-12-8-10-18-14-19(15-22(18)21)23(3,4)5;1-3-5(10)8-7-9-6(11)4-2;;;/h2*6-12,14-16H,13H2,1-5H3;3-4H2,1-2H3,(H,8,10)(H,9,11);2*1H;/q2*-1;;;;+4/p-2. The van der Waals surface area contributed by atoms with Crippen LogP contribution >= 0.6 is 17.0 Å². The molecule has 0 heterocycles. The number of hydrogen-bond donors (Lipinski definition) is 2. The zero-order valence-electron chi connectivity index (χ0n) is 38.0. The fourth-order valence-corrected chi connectivity index (χ4v) is 7.01. The van der Waals surface area contributed by atoms with E-state index in [4.69, 9.17) is 17.0 Å². The quantitative estimate of drug-likeness (QED) is 0.106. The Labute approximate surface area is 381 Å². The predicted molar refractivity (Wildman–Crippen MR) is 259 cm³/mol. The van der Waals surface area contributed by atoms with E-state index >= 15 is 0 Å². The van der Waals surface area contributed by atoms with Gasteiger partial charge < -0.3 is 10.5 Å². The van der Waals surface area contributed by atoms with E-state index in [-0.39, 0.29) is 22.6 Å². The fourth-order valence-electron chi connectivity index (χ4n) is 7.01. The molecule has 0 aromatic heterocycles. The van der Waals surface area contributed by atoms with Crippen LogP contribution in [0.15, 0.2) is 109 Å². The molecule has 0 spiro atoms. The molecular weight excluding hydrogens is 858 g/mol. The third kappa shape index (κ3) is 15.5. The average molecular weight is 924 g/mol. The van der Waals surface area contributed by atoms with E-state index in [1.807, 2.05) is 0 Å². The summed E-state index contributed by atoms with van der Waals surface area (Å²) in [6, 6.07) is 40.6. The molecule has 6 aromatic rings. The van der Waals surface area contributed by atoms with Gasteiger partial charge in [0.2, 0.25) is 11.8 Å². The zero-order valence-corrected chi connectivity index (χ0v) is 42.0. The van der Waals surface area contributed by atoms with Gasteiger partial charge in [0.1, 0.15) is 0 Å². The first-order chi connectivity index (χ1) is 28.3. The predicted octanol–water partition coefficient (Wildman–Crippen LogP) is 14.4. The molecule has 2 N–H and O–H groups in total. The van der Waals surface area contributed by atoms with Crippen molar-refractivity contribution in [3.05, 3.63) is 131 Å². The van der Waals surface area contributed by atoms with Crippen LogP contribution in [-0.4, -0.2) is 19.4 Å². The molecule has 1 radical (unpaired) electrons. The second kappa shape index (κ2) is 24.3. The second-order valence-electron chi connectivity index (χ2n) is 18.2. The van der Waals surface area contributed by atoms with E-state index in [1.165, 1.54) is 73.6 Å². The molecule has 0 aliphatic rings. The summed E-state index contributed by atoms with van der Waals surface area (Å²) in [6.45, 7) is 26.4. The Morgan fingerprint density at radius 3 is 1.23 bits per heavy atom. The first kappa shape index (κ1) is 50.9. The topological polar surface area (TPSA) is 58.2 Å². The summed E-state index contributed by atoms with van der Waals surface area (Å²) in [7, 11) is 11.1. The number of amides is 2. The van der Waals surface area contributed by atoms with Gasteiger partial charge in [-0.3, -0.25) is 9.59 Å². The van der Waals surface area contributed by atoms with Crippen LogP contribution in [0, 0.1) is 11.8 Å². The Bertz CT molecular complexity index is 2100. The van der Waals surface area contributed by atoms with Crippen molar-refractivity contribution < 1.29 is 30.4 Å². The van der Waals surface area contributed by atoms with Crippen LogP contribution in [0.5, 0.6) is 0 Å². The number of hydrogen-bond acceptors (Lipinski definition) is 2. The first-order valence-electron chi connectivity index (χ1n) is 21.3. The van der Waals surface area contributed by atoms with Gasteiger partial charge >= 0.3 is 45.4 Å². The Morgan fingerprint density at radius 2 is 0.917 bits per heavy atom. The maximum atomic E-state index is 10.6. The Morgan fingerprint density at radius 1 is 0.583 bits per heavy atom. The zero-order chi connectivity index (χ0) is 44.6. The molecular formula is C52H66BCl2N2O2Zr. The van der Waals surface area contributed by atoms with Crippen molar-refractivity contribution in [2.24, 2.45) is 11.8 Å². The molecule has 0 bridgehead atoms. The number of halogens is 2. The average Bonchev–Trinajstić information content (AvgIpc) is 3.85. The van der Waals surface area contributed by atoms with Crippen LogP contribution in [-0.2, 0) is 54.1 Å². The van der Waals surface area contributed by atoms with Crippen LogP contribution in [0.25, 0.3) is 43.8 Å². The van der Waals surface area contributed by atoms with Crippen LogP contribution in [0.4, 0.5) is 0 Å². The van der Waals surface area contributed by atoms with Gasteiger partial charge in [-0.15, -0.1) is 69.1 Å². The number of carbonyl (C=O) groups excluding carboxylic acids is 2. The van der Waals surface area contributed by atoms with Crippen LogP contribution in [0.2, 0.25) is 0 Å². The first-order valence-corrected chi connectivity index (χ1v) is 27.6. The number of carbonyl (C=O) groups is 2. The van der Waals surface area contributed by atoms with Crippen molar-refractivity contribution in [2.75, 3.05) is 0 Å². The number of benzene rings is 4. The summed E-state index contributed by atoms with van der Waals surface area (Å²) in [5, 5.41) is 10.3. The fraction of sp³-hybridized carbons (Fsp3) is 0.385. The molecule has 0 saturated heterocycles. The third-order valence-electron chi connectivity index (χ3n) is 10.2. The summed E-state index contributed by atoms with van der Waals surface area (Å²) in [5.74, 6) is 1.11. The molecule has 0 aliphatic heterocycles. The van der Waals surface area contributed by atoms with Crippen molar-refractivity contribution in [3.8, 4) is 22.3 Å². The minimum atomic E-state index is -0.826. The minimum absolute atomic E-state index is 0.110. The van der Waals surface area contributed by atoms with Gasteiger partial charge in [-0.2, -0.15) is 12.1 Å². The molecule has 0 atom stereocenters. The third-order valence-corrected chi connectivity index (χ3v) is 10.2. The number of rotatable bonds is 10. The van der Waals surface area contributed by atoms with Crippen molar-refractivity contribution in [3.63, 3.8) is 0 Å². The molecule has 60 heavy (non-hydrogen) atoms. The van der Waals surface area contributed by atoms with Crippen LogP contribution < -0.4 is 10.5 Å². The summed E-state index contributed by atoms with van der Waals surface area (Å²) >= 11 is -0.826. The van der Waals surface area contributed by atoms with Gasteiger partial charge in [-0.1, -0.05) is 155 Å². The molecule has 0 saturated carbocycles. The van der Waals surface area contributed by atoms with E-state index in [1.54, 1.807) is 13.8 Å². The van der Waals surface area contributed by atoms with E-state index in [2.05, 4.69) is 189 Å². The maximum absolute atomic E-state index is 10.6. The molecule has 4 nitrogen and oxygen atoms in total. The summed E-state index contributed by atoms with van der Waals surface area (Å²) < 4.78 is 0. The summed E-state index contributed by atoms with van der Waals surface area (Å²) in [4.78, 5) is 21.2. The normalized spacial score (nSPS) is 11.1. The number of fused-ring (bicyclic) bond motifs is 2. The molecule has 2 amide bonds. The van der Waals surface area contributed by atoms with E-state index in [0.717, 1.165) is 12.8 Å². The molecule has 0 aliphatic carbocycles. The van der Waals surface area contributed by atoms with Crippen molar-refractivity contribution in [1.29, 1.82) is 0 Å². The van der Waals surface area contributed by atoms with Gasteiger partial charge in [-0.25, -0.2) is 0 Å². The molecule has 317 valence electrons. The van der Waals surface area contributed by atoms with Crippen molar-refractivity contribution in [1.82, 2.24) is 10.5 Å². The van der Waals surface area contributed by atoms with Gasteiger partial charge in [0.05, 0.1) is 0 Å². The van der Waals surface area contributed by atoms with Crippen molar-refractivity contribution >= 4 is 57.9 Å². The van der Waals surface area contributed by atoms with Crippen LogP contribution in [0.3, 0.4) is 0 Å². The SMILES string of the molecule is CC(C)Cc1ccccc1-c1cccc2[cH-]c(C(C)(C)C)cc12.CC(C)Cc1ccccc1-c1cccc2[cH-]c(C(C)(C)C)cc12.CCC(=O)N[B]NC(=O)CC.[Cl][Zr+2][Cl]. The molecule has 8 heteroatoms. The second-order valence-corrected chi connectivity index (χ2v) is 21.9. The monoisotopic (exact) mass is 921 g/mol. The van der Waals surface area contributed by atoms with Gasteiger partial charge in [-0.05, 0) is 57.8 Å². The Balaban J connectivity index is 0.000000247. The van der Waals surface area contributed by atoms with E-state index in [0.29, 0.717) is 24.7 Å². The summed E-state index contributed by atoms with van der Waals surface area (Å²) in [6.07, 6.45) is 3.08. The van der Waals surface area contributed by atoms with Crippen molar-refractivity contribution in [2.45, 2.75) is 120 Å². The van der Waals surface area contributed by atoms with Crippen LogP contribution in [0.1, 0.15) is 118 Å². The van der Waals surface area contributed by atoms with E-state index in [9.17, 15) is 9.59 Å². The Kier molecular flexibility index (Phi) is 20.6. The molecule has 6 aromatic carbocycles. The summed E-state index contributed by atoms with van der Waals surface area (Å²) in [5.41, 5.74) is 11.6. The molecule has 0 fully saturated rings.